The number of benzene rings is 2. The van der Waals surface area contributed by atoms with E-state index >= 15 is 0 Å². The van der Waals surface area contributed by atoms with Crippen molar-refractivity contribution in [2.24, 2.45) is 0 Å². The molecule has 1 atom stereocenters. The molecule has 1 amide bonds. The SMILES string of the molecule is Cc1ccc(C)c(CN2C(=O)CCC2c2nc(-c3cccc(C(F)(F)F)c3)no2)c1. The van der Waals surface area contributed by atoms with Gasteiger partial charge in [0.25, 0.3) is 0 Å². The molecule has 1 aliphatic rings. The lowest BCUT2D eigenvalue weighted by Gasteiger charge is -2.23. The number of rotatable bonds is 4. The van der Waals surface area contributed by atoms with Crippen molar-refractivity contribution in [3.63, 3.8) is 0 Å². The summed E-state index contributed by atoms with van der Waals surface area (Å²) < 4.78 is 44.3. The van der Waals surface area contributed by atoms with Gasteiger partial charge in [0.15, 0.2) is 0 Å². The minimum Gasteiger partial charge on any atom is -0.337 e. The summed E-state index contributed by atoms with van der Waals surface area (Å²) >= 11 is 0. The Hall–Kier alpha value is -3.16. The van der Waals surface area contributed by atoms with E-state index in [-0.39, 0.29) is 23.2 Å². The van der Waals surface area contributed by atoms with Crippen LogP contribution in [0.15, 0.2) is 47.0 Å². The molecule has 1 aliphatic heterocycles. The van der Waals surface area contributed by atoms with Gasteiger partial charge in [-0.05, 0) is 43.5 Å². The molecule has 1 unspecified atom stereocenters. The number of carbonyl (C=O) groups is 1. The van der Waals surface area contributed by atoms with Gasteiger partial charge >= 0.3 is 6.18 Å². The molecule has 1 aromatic heterocycles. The van der Waals surface area contributed by atoms with Crippen molar-refractivity contribution >= 4 is 5.91 Å². The molecule has 0 aliphatic carbocycles. The first-order chi connectivity index (χ1) is 14.2. The summed E-state index contributed by atoms with van der Waals surface area (Å²) in [6, 6.07) is 10.5. The van der Waals surface area contributed by atoms with Crippen molar-refractivity contribution in [1.82, 2.24) is 15.0 Å². The summed E-state index contributed by atoms with van der Waals surface area (Å²) in [5.74, 6) is 0.292. The molecular weight excluding hydrogens is 395 g/mol. The molecule has 8 heteroatoms. The molecule has 156 valence electrons. The smallest absolute Gasteiger partial charge is 0.337 e. The largest absolute Gasteiger partial charge is 0.416 e. The van der Waals surface area contributed by atoms with Gasteiger partial charge in [-0.3, -0.25) is 4.79 Å². The maximum atomic E-state index is 13.0. The first-order valence-corrected chi connectivity index (χ1v) is 9.59. The minimum absolute atomic E-state index is 0.0141. The third-order valence-corrected chi connectivity index (χ3v) is 5.35. The second-order valence-electron chi connectivity index (χ2n) is 7.54. The van der Waals surface area contributed by atoms with Crippen molar-refractivity contribution in [3.05, 3.63) is 70.6 Å². The van der Waals surface area contributed by atoms with Gasteiger partial charge in [0.05, 0.1) is 5.56 Å². The average Bonchev–Trinajstić information content (AvgIpc) is 3.32. The molecule has 2 aromatic carbocycles. The van der Waals surface area contributed by atoms with Crippen molar-refractivity contribution in [1.29, 1.82) is 0 Å². The van der Waals surface area contributed by atoms with Gasteiger partial charge in [-0.1, -0.05) is 41.1 Å². The highest BCUT2D eigenvalue weighted by Gasteiger charge is 2.36. The predicted octanol–water partition coefficient (Wildman–Crippen LogP) is 5.24. The Bertz CT molecular complexity index is 1090. The van der Waals surface area contributed by atoms with Crippen LogP contribution >= 0.6 is 0 Å². The molecule has 1 fully saturated rings. The Labute approximate surface area is 171 Å². The van der Waals surface area contributed by atoms with Gasteiger partial charge in [0, 0.05) is 18.5 Å². The zero-order valence-corrected chi connectivity index (χ0v) is 16.5. The number of aromatic nitrogens is 2. The standard InChI is InChI=1S/C22H20F3N3O2/c1-13-6-7-14(2)16(10-13)12-28-18(8-9-19(28)29)21-26-20(27-30-21)15-4-3-5-17(11-15)22(23,24)25/h3-7,10-11,18H,8-9,12H2,1-2H3. The van der Waals surface area contributed by atoms with Gasteiger partial charge in [-0.2, -0.15) is 18.2 Å². The monoisotopic (exact) mass is 415 g/mol. The van der Waals surface area contributed by atoms with Crippen LogP contribution in [0.2, 0.25) is 0 Å². The lowest BCUT2D eigenvalue weighted by Crippen LogP contribution is -2.27. The third kappa shape index (κ3) is 3.94. The predicted molar refractivity (Wildman–Crippen MR) is 103 cm³/mol. The number of hydrogen-bond donors (Lipinski definition) is 0. The second-order valence-corrected chi connectivity index (χ2v) is 7.54. The molecule has 0 spiro atoms. The number of halogens is 3. The van der Waals surface area contributed by atoms with Crippen molar-refractivity contribution in [3.8, 4) is 11.4 Å². The van der Waals surface area contributed by atoms with Crippen molar-refractivity contribution in [2.45, 2.75) is 45.5 Å². The number of nitrogens with zero attached hydrogens (tertiary/aromatic N) is 3. The number of aryl methyl sites for hydroxylation is 2. The van der Waals surface area contributed by atoms with E-state index in [0.717, 1.165) is 28.8 Å². The molecule has 0 saturated carbocycles. The Morgan fingerprint density at radius 1 is 1.17 bits per heavy atom. The second kappa shape index (κ2) is 7.59. The molecule has 1 saturated heterocycles. The number of amides is 1. The van der Waals surface area contributed by atoms with Gasteiger partial charge in [0.2, 0.25) is 17.6 Å². The molecular formula is C22H20F3N3O2. The van der Waals surface area contributed by atoms with E-state index in [4.69, 9.17) is 4.52 Å². The van der Waals surface area contributed by atoms with Crippen molar-refractivity contribution < 1.29 is 22.5 Å². The van der Waals surface area contributed by atoms with Crippen LogP contribution in [0.3, 0.4) is 0 Å². The summed E-state index contributed by atoms with van der Waals surface area (Å²) in [5, 5.41) is 3.86. The van der Waals surface area contributed by atoms with Crippen LogP contribution in [-0.2, 0) is 17.5 Å². The zero-order chi connectivity index (χ0) is 21.5. The molecule has 2 heterocycles. The molecule has 5 nitrogen and oxygen atoms in total. The average molecular weight is 415 g/mol. The van der Waals surface area contributed by atoms with Gasteiger partial charge in [0.1, 0.15) is 6.04 Å². The Kier molecular flexibility index (Phi) is 5.09. The number of hydrogen-bond acceptors (Lipinski definition) is 4. The summed E-state index contributed by atoms with van der Waals surface area (Å²) in [6.07, 6.45) is -3.58. The number of likely N-dealkylation sites (tertiary alicyclic amines) is 1. The Balaban J connectivity index is 1.61. The Morgan fingerprint density at radius 2 is 1.97 bits per heavy atom. The highest BCUT2D eigenvalue weighted by atomic mass is 19.4. The maximum Gasteiger partial charge on any atom is 0.416 e. The summed E-state index contributed by atoms with van der Waals surface area (Å²) in [7, 11) is 0. The van der Waals surface area contributed by atoms with Crippen LogP contribution in [0.5, 0.6) is 0 Å². The third-order valence-electron chi connectivity index (χ3n) is 5.35. The topological polar surface area (TPSA) is 59.2 Å². The fourth-order valence-corrected chi connectivity index (χ4v) is 3.67. The fourth-order valence-electron chi connectivity index (χ4n) is 3.67. The lowest BCUT2D eigenvalue weighted by atomic mass is 10.0. The van der Waals surface area contributed by atoms with E-state index in [1.165, 1.54) is 12.1 Å². The lowest BCUT2D eigenvalue weighted by molar-refractivity contribution is -0.137. The van der Waals surface area contributed by atoms with Gasteiger partial charge in [-0.25, -0.2) is 0 Å². The minimum atomic E-state index is -4.46. The van der Waals surface area contributed by atoms with Crippen LogP contribution < -0.4 is 0 Å². The Morgan fingerprint density at radius 3 is 2.73 bits per heavy atom. The summed E-state index contributed by atoms with van der Waals surface area (Å²) in [4.78, 5) is 18.5. The van der Waals surface area contributed by atoms with Gasteiger partial charge in [-0.15, -0.1) is 0 Å². The molecule has 30 heavy (non-hydrogen) atoms. The molecule has 0 bridgehead atoms. The first kappa shape index (κ1) is 20.1. The van der Waals surface area contributed by atoms with Crippen LogP contribution in [0.1, 0.15) is 47.0 Å². The van der Waals surface area contributed by atoms with Gasteiger partial charge < -0.3 is 9.42 Å². The molecule has 4 rings (SSSR count). The van der Waals surface area contributed by atoms with E-state index in [1.807, 2.05) is 32.0 Å². The molecule has 3 aromatic rings. The van der Waals surface area contributed by atoms with E-state index in [2.05, 4.69) is 10.1 Å². The summed E-state index contributed by atoms with van der Waals surface area (Å²) in [6.45, 7) is 4.40. The van der Waals surface area contributed by atoms with Crippen molar-refractivity contribution in [2.75, 3.05) is 0 Å². The molecule has 0 N–H and O–H groups in total. The zero-order valence-electron chi connectivity index (χ0n) is 16.5. The normalized spacial score (nSPS) is 17.0. The fraction of sp³-hybridized carbons (Fsp3) is 0.318. The van der Waals surface area contributed by atoms with E-state index in [0.29, 0.717) is 19.4 Å². The van der Waals surface area contributed by atoms with Crippen LogP contribution in [0, 0.1) is 13.8 Å². The van der Waals surface area contributed by atoms with Crippen LogP contribution in [0.25, 0.3) is 11.4 Å². The van der Waals surface area contributed by atoms with Crippen LogP contribution in [-0.4, -0.2) is 20.9 Å². The summed E-state index contributed by atoms with van der Waals surface area (Å²) in [5.41, 5.74) is 2.65. The van der Waals surface area contributed by atoms with E-state index in [1.54, 1.807) is 4.90 Å². The quantitative estimate of drug-likeness (QED) is 0.585. The number of carbonyl (C=O) groups excluding carboxylic acids is 1. The molecule has 0 radical (unpaired) electrons. The highest BCUT2D eigenvalue weighted by Crippen LogP contribution is 2.35. The maximum absolute atomic E-state index is 13.0. The van der Waals surface area contributed by atoms with Crippen LogP contribution in [0.4, 0.5) is 13.2 Å². The van der Waals surface area contributed by atoms with E-state index < -0.39 is 17.8 Å². The highest BCUT2D eigenvalue weighted by molar-refractivity contribution is 5.79. The van der Waals surface area contributed by atoms with E-state index in [9.17, 15) is 18.0 Å². The number of alkyl halides is 3. The first-order valence-electron chi connectivity index (χ1n) is 9.59.